The van der Waals surface area contributed by atoms with Gasteiger partial charge in [-0.15, -0.1) is 11.6 Å². The summed E-state index contributed by atoms with van der Waals surface area (Å²) in [5.74, 6) is 0.129. The van der Waals surface area contributed by atoms with Crippen LogP contribution in [0.3, 0.4) is 0 Å². The van der Waals surface area contributed by atoms with Crippen LogP contribution in [0.1, 0.15) is 27.2 Å². The molecule has 0 unspecified atom stereocenters. The highest BCUT2D eigenvalue weighted by Gasteiger charge is 2.17. The van der Waals surface area contributed by atoms with Crippen LogP contribution < -0.4 is 0 Å². The van der Waals surface area contributed by atoms with Crippen molar-refractivity contribution in [2.75, 3.05) is 6.61 Å². The fraction of sp³-hybridized carbons (Fsp3) is 0.875. The molecular weight excluding hydrogens is 164 g/mol. The molecule has 66 valence electrons. The van der Waals surface area contributed by atoms with Gasteiger partial charge in [0.1, 0.15) is 5.38 Å². The van der Waals surface area contributed by atoms with E-state index in [1.54, 1.807) is 6.92 Å². The van der Waals surface area contributed by atoms with Crippen molar-refractivity contribution >= 4 is 17.6 Å². The molecule has 0 spiro atoms. The molecule has 2 nitrogen and oxygen atoms in total. The number of halogens is 1. The lowest BCUT2D eigenvalue weighted by Gasteiger charge is -2.09. The largest absolute Gasteiger partial charge is 0.465 e. The van der Waals surface area contributed by atoms with Crippen molar-refractivity contribution in [2.45, 2.75) is 32.6 Å². The Bertz CT molecular complexity index is 123. The summed E-state index contributed by atoms with van der Waals surface area (Å²) in [7, 11) is 0. The molecule has 0 heterocycles. The van der Waals surface area contributed by atoms with Gasteiger partial charge in [0.15, 0.2) is 0 Å². The molecular formula is C8H15ClO2. The van der Waals surface area contributed by atoms with Gasteiger partial charge in [-0.1, -0.05) is 13.8 Å². The average molecular weight is 179 g/mol. The average Bonchev–Trinajstić information content (AvgIpc) is 1.86. The summed E-state index contributed by atoms with van der Waals surface area (Å²) in [4.78, 5) is 10.9. The third-order valence-corrected chi connectivity index (χ3v) is 1.58. The maximum atomic E-state index is 10.9. The highest BCUT2D eigenvalue weighted by atomic mass is 35.5. The van der Waals surface area contributed by atoms with Gasteiger partial charge in [-0.25, -0.2) is 0 Å². The Kier molecular flexibility index (Phi) is 5.30. The second-order valence-electron chi connectivity index (χ2n) is 2.85. The predicted octanol–water partition coefficient (Wildman–Crippen LogP) is 2.20. The smallest absolute Gasteiger partial charge is 0.324 e. The van der Waals surface area contributed by atoms with Crippen molar-refractivity contribution in [1.29, 1.82) is 0 Å². The number of carbonyl (C=O) groups is 1. The van der Waals surface area contributed by atoms with E-state index < -0.39 is 5.38 Å². The van der Waals surface area contributed by atoms with Crippen molar-refractivity contribution in [1.82, 2.24) is 0 Å². The second-order valence-corrected chi connectivity index (χ2v) is 3.38. The summed E-state index contributed by atoms with van der Waals surface area (Å²) >= 11 is 5.73. The third kappa shape index (κ3) is 5.08. The molecule has 0 amide bonds. The van der Waals surface area contributed by atoms with Crippen molar-refractivity contribution in [3.05, 3.63) is 0 Å². The number of hydrogen-bond donors (Lipinski definition) is 0. The van der Waals surface area contributed by atoms with Gasteiger partial charge in [0.05, 0.1) is 6.61 Å². The lowest BCUT2D eigenvalue weighted by molar-refractivity contribution is -0.142. The number of carbonyl (C=O) groups excluding carboxylic acids is 1. The first-order valence-corrected chi connectivity index (χ1v) is 4.32. The Labute approximate surface area is 72.9 Å². The maximum Gasteiger partial charge on any atom is 0.324 e. The molecule has 0 N–H and O–H groups in total. The van der Waals surface area contributed by atoms with Crippen molar-refractivity contribution in [2.24, 2.45) is 5.92 Å². The molecule has 0 aromatic carbocycles. The molecule has 0 aromatic heterocycles. The third-order valence-electron chi connectivity index (χ3n) is 1.22. The van der Waals surface area contributed by atoms with Crippen LogP contribution in [-0.4, -0.2) is 18.0 Å². The quantitative estimate of drug-likeness (QED) is 0.488. The van der Waals surface area contributed by atoms with Crippen LogP contribution in [0.15, 0.2) is 0 Å². The van der Waals surface area contributed by atoms with Gasteiger partial charge in [0, 0.05) is 0 Å². The van der Waals surface area contributed by atoms with Crippen LogP contribution in [0.5, 0.6) is 0 Å². The molecule has 1 atom stereocenters. The topological polar surface area (TPSA) is 26.3 Å². The Balaban J connectivity index is 3.64. The zero-order valence-corrected chi connectivity index (χ0v) is 8.02. The molecule has 0 bridgehead atoms. The van der Waals surface area contributed by atoms with Crippen molar-refractivity contribution in [3.8, 4) is 0 Å². The van der Waals surface area contributed by atoms with Crippen molar-refractivity contribution in [3.63, 3.8) is 0 Å². The van der Waals surface area contributed by atoms with E-state index in [9.17, 15) is 4.79 Å². The number of rotatable bonds is 4. The van der Waals surface area contributed by atoms with Crippen LogP contribution in [0, 0.1) is 5.92 Å². The van der Waals surface area contributed by atoms with Crippen LogP contribution in [0.25, 0.3) is 0 Å². The van der Waals surface area contributed by atoms with E-state index in [-0.39, 0.29) is 5.97 Å². The zero-order chi connectivity index (χ0) is 8.85. The lowest BCUT2D eigenvalue weighted by Crippen LogP contribution is -2.19. The molecule has 3 heteroatoms. The molecule has 0 saturated heterocycles. The zero-order valence-electron chi connectivity index (χ0n) is 7.26. The normalized spacial score (nSPS) is 13.2. The summed E-state index contributed by atoms with van der Waals surface area (Å²) in [6.45, 7) is 6.22. The van der Waals surface area contributed by atoms with E-state index in [1.165, 1.54) is 0 Å². The highest BCUT2D eigenvalue weighted by Crippen LogP contribution is 2.11. The van der Waals surface area contributed by atoms with Gasteiger partial charge in [0.2, 0.25) is 0 Å². The van der Waals surface area contributed by atoms with E-state index in [0.29, 0.717) is 18.9 Å². The minimum atomic E-state index is -0.477. The van der Waals surface area contributed by atoms with Crippen LogP contribution >= 0.6 is 11.6 Å². The minimum absolute atomic E-state index is 0.303. The molecule has 0 rings (SSSR count). The molecule has 0 aliphatic rings. The molecule has 0 aliphatic carbocycles. The Morgan fingerprint density at radius 3 is 2.45 bits per heavy atom. The van der Waals surface area contributed by atoms with Gasteiger partial charge in [-0.3, -0.25) is 4.79 Å². The fourth-order valence-electron chi connectivity index (χ4n) is 0.743. The van der Waals surface area contributed by atoms with Gasteiger partial charge >= 0.3 is 5.97 Å². The maximum absolute atomic E-state index is 10.9. The van der Waals surface area contributed by atoms with Gasteiger partial charge in [-0.2, -0.15) is 0 Å². The number of ether oxygens (including phenoxy) is 1. The molecule has 0 aliphatic heterocycles. The first-order valence-electron chi connectivity index (χ1n) is 3.88. The molecule has 11 heavy (non-hydrogen) atoms. The van der Waals surface area contributed by atoms with E-state index in [4.69, 9.17) is 16.3 Å². The SMILES string of the molecule is CCOC(=O)[C@H](Cl)CC(C)C. The van der Waals surface area contributed by atoms with Crippen molar-refractivity contribution < 1.29 is 9.53 Å². The highest BCUT2D eigenvalue weighted by molar-refractivity contribution is 6.29. The summed E-state index contributed by atoms with van der Waals surface area (Å²) in [5, 5.41) is -0.477. The Morgan fingerprint density at radius 1 is 1.55 bits per heavy atom. The molecule has 0 radical (unpaired) electrons. The van der Waals surface area contributed by atoms with Gasteiger partial charge in [0.25, 0.3) is 0 Å². The molecule has 0 fully saturated rings. The number of hydrogen-bond acceptors (Lipinski definition) is 2. The minimum Gasteiger partial charge on any atom is -0.465 e. The first kappa shape index (κ1) is 10.8. The van der Waals surface area contributed by atoms with Gasteiger partial charge in [-0.05, 0) is 19.3 Å². The summed E-state index contributed by atoms with van der Waals surface area (Å²) < 4.78 is 4.73. The number of alkyl halides is 1. The standard InChI is InChI=1S/C8H15ClO2/c1-4-11-8(10)7(9)5-6(2)3/h6-7H,4-5H2,1-3H3/t7-/m1/s1. The lowest BCUT2D eigenvalue weighted by atomic mass is 10.1. The number of esters is 1. The monoisotopic (exact) mass is 178 g/mol. The summed E-state index contributed by atoms with van der Waals surface area (Å²) in [6, 6.07) is 0. The van der Waals surface area contributed by atoms with Crippen LogP contribution in [0.2, 0.25) is 0 Å². The summed E-state index contributed by atoms with van der Waals surface area (Å²) in [6.07, 6.45) is 0.681. The van der Waals surface area contributed by atoms with Gasteiger partial charge < -0.3 is 4.74 Å². The van der Waals surface area contributed by atoms with E-state index in [1.807, 2.05) is 13.8 Å². The second kappa shape index (κ2) is 5.42. The van der Waals surface area contributed by atoms with E-state index in [2.05, 4.69) is 0 Å². The molecule has 0 aromatic rings. The first-order chi connectivity index (χ1) is 5.07. The van der Waals surface area contributed by atoms with E-state index in [0.717, 1.165) is 0 Å². The molecule has 0 saturated carbocycles. The van der Waals surface area contributed by atoms with Crippen LogP contribution in [0.4, 0.5) is 0 Å². The predicted molar refractivity (Wildman–Crippen MR) is 45.7 cm³/mol. The van der Waals surface area contributed by atoms with Crippen LogP contribution in [-0.2, 0) is 9.53 Å². The Morgan fingerprint density at radius 2 is 2.09 bits per heavy atom. The fourth-order valence-corrected chi connectivity index (χ4v) is 1.16. The summed E-state index contributed by atoms with van der Waals surface area (Å²) in [5.41, 5.74) is 0. The Hall–Kier alpha value is -0.240. The van der Waals surface area contributed by atoms with E-state index >= 15 is 0 Å².